The van der Waals surface area contributed by atoms with Crippen molar-refractivity contribution in [3.8, 4) is 0 Å². The van der Waals surface area contributed by atoms with Crippen LogP contribution in [0.3, 0.4) is 0 Å². The van der Waals surface area contributed by atoms with E-state index in [1.165, 1.54) is 6.20 Å². The van der Waals surface area contributed by atoms with Crippen LogP contribution in [0.2, 0.25) is 0 Å². The standard InChI is InChI=1S/C17H20N4O4.ClH/c1-11-15(9-19-25-11)17(23)21-13-4-2-12(3-5-13)20-16(22)8-14-10-24-7-6-18-14;/h2-5,9,14,18H,6-8,10H2,1H3,(H,20,22)(H,21,23);1H. The smallest absolute Gasteiger partial charge is 0.260 e. The number of nitrogens with one attached hydrogen (secondary N) is 3. The van der Waals surface area contributed by atoms with Crippen molar-refractivity contribution in [2.75, 3.05) is 30.4 Å². The second-order valence-corrected chi connectivity index (χ2v) is 5.81. The molecule has 0 saturated carbocycles. The molecule has 2 aromatic rings. The van der Waals surface area contributed by atoms with Crippen molar-refractivity contribution >= 4 is 35.6 Å². The number of anilines is 2. The van der Waals surface area contributed by atoms with E-state index in [0.717, 1.165) is 6.54 Å². The highest BCUT2D eigenvalue weighted by atomic mass is 35.5. The topological polar surface area (TPSA) is 105 Å². The zero-order valence-electron chi connectivity index (χ0n) is 14.3. The highest BCUT2D eigenvalue weighted by molar-refractivity contribution is 6.04. The van der Waals surface area contributed by atoms with E-state index in [-0.39, 0.29) is 30.3 Å². The van der Waals surface area contributed by atoms with Gasteiger partial charge in [0, 0.05) is 30.4 Å². The van der Waals surface area contributed by atoms with Crippen molar-refractivity contribution in [2.24, 2.45) is 0 Å². The number of benzene rings is 1. The maximum atomic E-state index is 12.1. The van der Waals surface area contributed by atoms with E-state index in [0.29, 0.717) is 42.3 Å². The molecular weight excluding hydrogens is 360 g/mol. The van der Waals surface area contributed by atoms with E-state index in [4.69, 9.17) is 9.26 Å². The molecule has 1 aromatic carbocycles. The van der Waals surface area contributed by atoms with Gasteiger partial charge in [-0.3, -0.25) is 9.59 Å². The maximum Gasteiger partial charge on any atom is 0.260 e. The highest BCUT2D eigenvalue weighted by Gasteiger charge is 2.17. The summed E-state index contributed by atoms with van der Waals surface area (Å²) < 4.78 is 10.2. The lowest BCUT2D eigenvalue weighted by atomic mass is 10.2. The van der Waals surface area contributed by atoms with Crippen molar-refractivity contribution in [3.63, 3.8) is 0 Å². The van der Waals surface area contributed by atoms with Crippen molar-refractivity contribution < 1.29 is 18.8 Å². The second kappa shape index (κ2) is 9.33. The van der Waals surface area contributed by atoms with Crippen molar-refractivity contribution in [2.45, 2.75) is 19.4 Å². The van der Waals surface area contributed by atoms with Gasteiger partial charge in [0.25, 0.3) is 5.91 Å². The summed E-state index contributed by atoms with van der Waals surface area (Å²) in [5.41, 5.74) is 1.67. The number of aryl methyl sites for hydroxylation is 1. The maximum absolute atomic E-state index is 12.1. The molecule has 1 fully saturated rings. The van der Waals surface area contributed by atoms with Gasteiger partial charge in [-0.05, 0) is 31.2 Å². The number of ether oxygens (including phenoxy) is 1. The van der Waals surface area contributed by atoms with Crippen molar-refractivity contribution in [1.29, 1.82) is 0 Å². The molecule has 1 aliphatic heterocycles. The first-order chi connectivity index (χ1) is 12.1. The molecular formula is C17H21ClN4O4. The van der Waals surface area contributed by atoms with Crippen LogP contribution in [-0.4, -0.2) is 42.8 Å². The molecule has 2 amide bonds. The minimum absolute atomic E-state index is 0. The van der Waals surface area contributed by atoms with Crippen LogP contribution in [-0.2, 0) is 9.53 Å². The Kier molecular flexibility index (Phi) is 7.14. The van der Waals surface area contributed by atoms with Gasteiger partial charge in [0.2, 0.25) is 5.91 Å². The summed E-state index contributed by atoms with van der Waals surface area (Å²) in [7, 11) is 0. The van der Waals surface area contributed by atoms with Gasteiger partial charge < -0.3 is 25.2 Å². The Morgan fingerprint density at radius 3 is 2.50 bits per heavy atom. The molecule has 8 nitrogen and oxygen atoms in total. The molecule has 140 valence electrons. The molecule has 1 saturated heterocycles. The predicted molar refractivity (Wildman–Crippen MR) is 98.7 cm³/mol. The predicted octanol–water partition coefficient (Wildman–Crippen LogP) is 1.97. The van der Waals surface area contributed by atoms with Crippen LogP contribution >= 0.6 is 12.4 Å². The fourth-order valence-electron chi connectivity index (χ4n) is 2.54. The molecule has 0 bridgehead atoms. The van der Waals surface area contributed by atoms with Crippen LogP contribution in [0.4, 0.5) is 11.4 Å². The van der Waals surface area contributed by atoms with Gasteiger partial charge in [-0.1, -0.05) is 5.16 Å². The quantitative estimate of drug-likeness (QED) is 0.732. The Labute approximate surface area is 157 Å². The zero-order valence-corrected chi connectivity index (χ0v) is 15.1. The van der Waals surface area contributed by atoms with E-state index in [1.807, 2.05) is 0 Å². The number of hydrogen-bond donors (Lipinski definition) is 3. The summed E-state index contributed by atoms with van der Waals surface area (Å²) >= 11 is 0. The molecule has 1 aliphatic rings. The molecule has 1 aromatic heterocycles. The first kappa shape index (κ1) is 19.9. The lowest BCUT2D eigenvalue weighted by Gasteiger charge is -2.23. The van der Waals surface area contributed by atoms with E-state index in [9.17, 15) is 9.59 Å². The van der Waals surface area contributed by atoms with Crippen LogP contribution in [0.1, 0.15) is 22.5 Å². The van der Waals surface area contributed by atoms with E-state index in [1.54, 1.807) is 31.2 Å². The Balaban J connectivity index is 0.00000243. The third-order valence-corrected chi connectivity index (χ3v) is 3.85. The van der Waals surface area contributed by atoms with E-state index >= 15 is 0 Å². The van der Waals surface area contributed by atoms with E-state index < -0.39 is 0 Å². The number of aromatic nitrogens is 1. The average molecular weight is 381 g/mol. The summed E-state index contributed by atoms with van der Waals surface area (Å²) in [5.74, 6) is 0.0838. The first-order valence-electron chi connectivity index (χ1n) is 8.05. The molecule has 1 unspecified atom stereocenters. The zero-order chi connectivity index (χ0) is 17.6. The Morgan fingerprint density at radius 2 is 1.92 bits per heavy atom. The largest absolute Gasteiger partial charge is 0.378 e. The normalized spacial score (nSPS) is 16.4. The molecule has 0 aliphatic carbocycles. The fourth-order valence-corrected chi connectivity index (χ4v) is 2.54. The van der Waals surface area contributed by atoms with Gasteiger partial charge in [0.15, 0.2) is 0 Å². The lowest BCUT2D eigenvalue weighted by molar-refractivity contribution is -0.117. The van der Waals surface area contributed by atoms with Crippen molar-refractivity contribution in [1.82, 2.24) is 10.5 Å². The molecule has 2 heterocycles. The number of carbonyl (C=O) groups is 2. The number of amides is 2. The number of morpholine rings is 1. The molecule has 0 spiro atoms. The van der Waals surface area contributed by atoms with Gasteiger partial charge in [0.1, 0.15) is 11.3 Å². The third-order valence-electron chi connectivity index (χ3n) is 3.85. The number of halogens is 1. The van der Waals surface area contributed by atoms with Crippen LogP contribution in [0.15, 0.2) is 35.0 Å². The van der Waals surface area contributed by atoms with Gasteiger partial charge in [-0.2, -0.15) is 0 Å². The molecule has 0 radical (unpaired) electrons. The minimum Gasteiger partial charge on any atom is -0.378 e. The molecule has 1 atom stereocenters. The van der Waals surface area contributed by atoms with E-state index in [2.05, 4.69) is 21.1 Å². The Hall–Kier alpha value is -2.42. The second-order valence-electron chi connectivity index (χ2n) is 5.81. The monoisotopic (exact) mass is 380 g/mol. The number of nitrogens with zero attached hydrogens (tertiary/aromatic N) is 1. The van der Waals surface area contributed by atoms with Crippen molar-refractivity contribution in [3.05, 3.63) is 41.8 Å². The number of carbonyl (C=O) groups excluding carboxylic acids is 2. The summed E-state index contributed by atoms with van der Waals surface area (Å²) in [6, 6.07) is 6.95. The van der Waals surface area contributed by atoms with Gasteiger partial charge >= 0.3 is 0 Å². The summed E-state index contributed by atoms with van der Waals surface area (Å²) in [5, 5.41) is 12.4. The lowest BCUT2D eigenvalue weighted by Crippen LogP contribution is -2.43. The molecule has 3 rings (SSSR count). The highest BCUT2D eigenvalue weighted by Crippen LogP contribution is 2.16. The fraction of sp³-hybridized carbons (Fsp3) is 0.353. The van der Waals surface area contributed by atoms with Crippen LogP contribution < -0.4 is 16.0 Å². The Morgan fingerprint density at radius 1 is 1.23 bits per heavy atom. The first-order valence-corrected chi connectivity index (χ1v) is 8.05. The SMILES string of the molecule is Cc1oncc1C(=O)Nc1ccc(NC(=O)CC2COCCN2)cc1.Cl. The number of hydrogen-bond acceptors (Lipinski definition) is 6. The third kappa shape index (κ3) is 5.29. The Bertz CT molecular complexity index is 741. The number of rotatable bonds is 5. The summed E-state index contributed by atoms with van der Waals surface area (Å²) in [6.45, 7) is 3.66. The summed E-state index contributed by atoms with van der Waals surface area (Å²) in [6.07, 6.45) is 1.73. The van der Waals surface area contributed by atoms with Gasteiger partial charge in [-0.15, -0.1) is 12.4 Å². The molecule has 3 N–H and O–H groups in total. The average Bonchev–Trinajstić information content (AvgIpc) is 3.03. The van der Waals surface area contributed by atoms with Gasteiger partial charge in [-0.25, -0.2) is 0 Å². The van der Waals surface area contributed by atoms with Crippen LogP contribution in [0.5, 0.6) is 0 Å². The van der Waals surface area contributed by atoms with Crippen LogP contribution in [0, 0.1) is 6.92 Å². The summed E-state index contributed by atoms with van der Waals surface area (Å²) in [4.78, 5) is 24.1. The molecule has 26 heavy (non-hydrogen) atoms. The van der Waals surface area contributed by atoms with Crippen LogP contribution in [0.25, 0.3) is 0 Å². The minimum atomic E-state index is -0.293. The van der Waals surface area contributed by atoms with Gasteiger partial charge in [0.05, 0.1) is 19.4 Å². The molecule has 9 heteroatoms.